The lowest BCUT2D eigenvalue weighted by atomic mass is 9.94. The van der Waals surface area contributed by atoms with E-state index in [0.29, 0.717) is 24.5 Å². The summed E-state index contributed by atoms with van der Waals surface area (Å²) >= 11 is 0. The summed E-state index contributed by atoms with van der Waals surface area (Å²) in [7, 11) is 0. The fourth-order valence-electron chi connectivity index (χ4n) is 5.18. The van der Waals surface area contributed by atoms with Crippen molar-refractivity contribution < 1.29 is 24.2 Å². The zero-order chi connectivity index (χ0) is 26.5. The van der Waals surface area contributed by atoms with Crippen molar-refractivity contribution in [1.29, 1.82) is 0 Å². The molecular weight excluding hydrogens is 468 g/mol. The maximum atomic E-state index is 13.4. The zero-order valence-electron chi connectivity index (χ0n) is 22.3. The predicted molar refractivity (Wildman–Crippen MR) is 144 cm³/mol. The molecule has 198 valence electrons. The molecule has 1 fully saturated rings. The number of rotatable bonds is 11. The summed E-state index contributed by atoms with van der Waals surface area (Å²) in [6.45, 7) is 11.9. The summed E-state index contributed by atoms with van der Waals surface area (Å²) < 4.78 is 11.6. The molecule has 2 aliphatic rings. The number of aliphatic hydroxyl groups excluding tert-OH is 1. The van der Waals surface area contributed by atoms with E-state index in [-0.39, 0.29) is 17.4 Å². The van der Waals surface area contributed by atoms with E-state index in [4.69, 9.17) is 9.47 Å². The van der Waals surface area contributed by atoms with Gasteiger partial charge in [-0.25, -0.2) is 0 Å². The Hall–Kier alpha value is -3.32. The molecule has 0 saturated carbocycles. The Balaban J connectivity index is 1.74. The molecule has 0 radical (unpaired) electrons. The number of carbonyl (C=O) groups is 2. The maximum absolute atomic E-state index is 13.4. The number of nitrogens with zero attached hydrogens (tertiary/aromatic N) is 2. The van der Waals surface area contributed by atoms with Crippen LogP contribution in [0.2, 0.25) is 0 Å². The molecule has 7 heteroatoms. The zero-order valence-corrected chi connectivity index (χ0v) is 22.3. The van der Waals surface area contributed by atoms with Crippen molar-refractivity contribution in [1.82, 2.24) is 9.80 Å². The van der Waals surface area contributed by atoms with Crippen LogP contribution in [0.5, 0.6) is 11.5 Å². The molecule has 1 N–H and O–H groups in total. The van der Waals surface area contributed by atoms with Crippen LogP contribution in [0.3, 0.4) is 0 Å². The first-order valence-corrected chi connectivity index (χ1v) is 13.4. The van der Waals surface area contributed by atoms with Gasteiger partial charge in [0.15, 0.2) is 0 Å². The first-order valence-electron chi connectivity index (χ1n) is 13.4. The fraction of sp³-hybridized carbons (Fsp3) is 0.467. The van der Waals surface area contributed by atoms with Gasteiger partial charge in [0.1, 0.15) is 23.4 Å². The van der Waals surface area contributed by atoms with Crippen LogP contribution in [0.25, 0.3) is 5.76 Å². The first kappa shape index (κ1) is 26.7. The van der Waals surface area contributed by atoms with Gasteiger partial charge < -0.3 is 24.4 Å². The van der Waals surface area contributed by atoms with Gasteiger partial charge in [0, 0.05) is 18.5 Å². The number of fused-ring (bicyclic) bond motifs is 1. The molecule has 4 rings (SSSR count). The molecule has 2 unspecified atom stereocenters. The largest absolute Gasteiger partial charge is 0.507 e. The average Bonchev–Trinajstić information content (AvgIpc) is 3.40. The average molecular weight is 507 g/mol. The van der Waals surface area contributed by atoms with Gasteiger partial charge in [-0.15, -0.1) is 0 Å². The van der Waals surface area contributed by atoms with Gasteiger partial charge in [-0.2, -0.15) is 0 Å². The molecule has 2 aliphatic heterocycles. The third-order valence-corrected chi connectivity index (χ3v) is 7.12. The Morgan fingerprint density at radius 2 is 1.92 bits per heavy atom. The summed E-state index contributed by atoms with van der Waals surface area (Å²) in [5.41, 5.74) is 2.36. The Morgan fingerprint density at radius 1 is 1.14 bits per heavy atom. The van der Waals surface area contributed by atoms with Gasteiger partial charge in [-0.05, 0) is 80.9 Å². The molecule has 1 amide bonds. The highest BCUT2D eigenvalue weighted by Gasteiger charge is 2.46. The fourth-order valence-corrected chi connectivity index (χ4v) is 5.18. The molecule has 0 aromatic heterocycles. The number of hydrogen-bond donors (Lipinski definition) is 1. The second-order valence-corrected chi connectivity index (χ2v) is 9.75. The smallest absolute Gasteiger partial charge is 0.295 e. The minimum absolute atomic E-state index is 0.0645. The third-order valence-electron chi connectivity index (χ3n) is 7.12. The van der Waals surface area contributed by atoms with Crippen molar-refractivity contribution in [3.05, 3.63) is 64.7 Å². The molecule has 2 heterocycles. The number of Topliss-reactive ketones (excluding diaryl/α,β-unsaturated/α-hetero) is 1. The molecule has 0 aliphatic carbocycles. The molecular formula is C30H38N2O5. The molecule has 1 saturated heterocycles. The SMILES string of the molecule is CCCOc1cccc(C2/C(=C(/O)c3ccc4c(c3)CC(C)O4)C(=O)C(=O)N2CCCN(CC)CC)c1. The summed E-state index contributed by atoms with van der Waals surface area (Å²) in [4.78, 5) is 30.6. The van der Waals surface area contributed by atoms with Crippen molar-refractivity contribution in [3.8, 4) is 11.5 Å². The predicted octanol–water partition coefficient (Wildman–Crippen LogP) is 4.95. The van der Waals surface area contributed by atoms with E-state index in [1.807, 2.05) is 50.2 Å². The van der Waals surface area contributed by atoms with Crippen molar-refractivity contribution in [2.24, 2.45) is 0 Å². The van der Waals surface area contributed by atoms with Crippen LogP contribution < -0.4 is 9.47 Å². The first-order chi connectivity index (χ1) is 17.9. The Kier molecular flexibility index (Phi) is 8.54. The molecule has 2 atom stereocenters. The molecule has 2 aromatic rings. The van der Waals surface area contributed by atoms with Crippen LogP contribution in [-0.2, 0) is 16.0 Å². The molecule has 0 spiro atoms. The highest BCUT2D eigenvalue weighted by molar-refractivity contribution is 6.46. The maximum Gasteiger partial charge on any atom is 0.295 e. The van der Waals surface area contributed by atoms with Crippen molar-refractivity contribution in [2.45, 2.75) is 59.1 Å². The van der Waals surface area contributed by atoms with Crippen LogP contribution in [0, 0.1) is 0 Å². The lowest BCUT2D eigenvalue weighted by molar-refractivity contribution is -0.140. The Morgan fingerprint density at radius 3 is 2.65 bits per heavy atom. The van der Waals surface area contributed by atoms with Crippen LogP contribution >= 0.6 is 0 Å². The van der Waals surface area contributed by atoms with Gasteiger partial charge in [-0.1, -0.05) is 32.9 Å². The van der Waals surface area contributed by atoms with Crippen LogP contribution in [-0.4, -0.2) is 65.5 Å². The number of likely N-dealkylation sites (tertiary alicyclic amines) is 1. The molecule has 0 bridgehead atoms. The summed E-state index contributed by atoms with van der Waals surface area (Å²) in [6, 6.07) is 12.2. The van der Waals surface area contributed by atoms with Gasteiger partial charge >= 0.3 is 0 Å². The number of aliphatic hydroxyl groups is 1. The second-order valence-electron chi connectivity index (χ2n) is 9.75. The molecule has 37 heavy (non-hydrogen) atoms. The van der Waals surface area contributed by atoms with Crippen LogP contribution in [0.4, 0.5) is 0 Å². The Labute approximate surface area is 219 Å². The second kappa shape index (κ2) is 11.8. The lowest BCUT2D eigenvalue weighted by Gasteiger charge is -2.27. The summed E-state index contributed by atoms with van der Waals surface area (Å²) in [6.07, 6.45) is 2.39. The number of ether oxygens (including phenoxy) is 2. The number of hydrogen-bond acceptors (Lipinski definition) is 6. The van der Waals surface area contributed by atoms with Crippen molar-refractivity contribution in [2.75, 3.05) is 32.8 Å². The van der Waals surface area contributed by atoms with E-state index >= 15 is 0 Å². The standard InChI is InChI=1S/C30H38N2O5/c1-5-16-36-24-11-8-10-21(19-24)27-26(28(33)22-12-13-25-23(18-22)17-20(4)37-25)29(34)30(35)32(27)15-9-14-31(6-2)7-3/h8,10-13,18-20,27,33H,5-7,9,14-17H2,1-4H3/b28-26-. The van der Waals surface area contributed by atoms with Gasteiger partial charge in [0.05, 0.1) is 18.2 Å². The van der Waals surface area contributed by atoms with E-state index in [1.54, 1.807) is 11.0 Å². The van der Waals surface area contributed by atoms with Gasteiger partial charge in [0.2, 0.25) is 0 Å². The number of benzene rings is 2. The highest BCUT2D eigenvalue weighted by atomic mass is 16.5. The summed E-state index contributed by atoms with van der Waals surface area (Å²) in [5, 5.41) is 11.5. The van der Waals surface area contributed by atoms with E-state index in [0.717, 1.165) is 55.8 Å². The van der Waals surface area contributed by atoms with Gasteiger partial charge in [-0.3, -0.25) is 9.59 Å². The van der Waals surface area contributed by atoms with Crippen LogP contribution in [0.15, 0.2) is 48.0 Å². The third kappa shape index (κ3) is 5.67. The van der Waals surface area contributed by atoms with Crippen molar-refractivity contribution in [3.63, 3.8) is 0 Å². The number of amides is 1. The Bertz CT molecular complexity index is 1170. The highest BCUT2D eigenvalue weighted by Crippen LogP contribution is 2.41. The number of ketones is 1. The van der Waals surface area contributed by atoms with E-state index < -0.39 is 17.7 Å². The monoisotopic (exact) mass is 506 g/mol. The summed E-state index contributed by atoms with van der Waals surface area (Å²) in [5.74, 6) is 0.0752. The normalized spacial score (nSPS) is 20.4. The lowest BCUT2D eigenvalue weighted by Crippen LogP contribution is -2.33. The van der Waals surface area contributed by atoms with E-state index in [9.17, 15) is 14.7 Å². The van der Waals surface area contributed by atoms with E-state index in [2.05, 4.69) is 18.7 Å². The number of carbonyl (C=O) groups excluding carboxylic acids is 2. The topological polar surface area (TPSA) is 79.3 Å². The van der Waals surface area contributed by atoms with E-state index in [1.165, 1.54) is 0 Å². The van der Waals surface area contributed by atoms with Crippen LogP contribution in [0.1, 0.15) is 63.3 Å². The minimum Gasteiger partial charge on any atom is -0.507 e. The quantitative estimate of drug-likeness (QED) is 0.264. The van der Waals surface area contributed by atoms with Gasteiger partial charge in [0.25, 0.3) is 11.7 Å². The van der Waals surface area contributed by atoms with Crippen molar-refractivity contribution >= 4 is 17.4 Å². The molecule has 2 aromatic carbocycles. The minimum atomic E-state index is -0.690. The molecule has 7 nitrogen and oxygen atoms in total.